The van der Waals surface area contributed by atoms with Crippen LogP contribution in [0.25, 0.3) is 0 Å². The molecule has 0 saturated carbocycles. The summed E-state index contributed by atoms with van der Waals surface area (Å²) < 4.78 is 5.07. The van der Waals surface area contributed by atoms with Crippen LogP contribution in [0.2, 0.25) is 0 Å². The number of esters is 1. The van der Waals surface area contributed by atoms with E-state index in [9.17, 15) is 4.79 Å². The maximum atomic E-state index is 11.8. The number of hydrogen-bond acceptors (Lipinski definition) is 3. The number of rotatable bonds is 7. The van der Waals surface area contributed by atoms with Crippen molar-refractivity contribution in [2.24, 2.45) is 0 Å². The smallest absolute Gasteiger partial charge is 0.339 e. The van der Waals surface area contributed by atoms with Gasteiger partial charge in [0.25, 0.3) is 0 Å². The molecule has 0 saturated heterocycles. The number of hydrogen-bond donors (Lipinski definition) is 0. The summed E-state index contributed by atoms with van der Waals surface area (Å²) in [6, 6.07) is 1.96. The Balaban J connectivity index is 2.81. The standard InChI is InChI=1S/C16H25NO2/c1-5-7-8-9-10-14-11-15(16(18)19-6-2)13(4)17-12(14)3/h11H,5-10H2,1-4H3. The van der Waals surface area contributed by atoms with Gasteiger partial charge >= 0.3 is 5.97 Å². The molecule has 0 aliphatic heterocycles. The number of aromatic nitrogens is 1. The number of aryl methyl sites for hydroxylation is 3. The van der Waals surface area contributed by atoms with Gasteiger partial charge in [0, 0.05) is 5.69 Å². The van der Waals surface area contributed by atoms with E-state index in [1.807, 2.05) is 26.8 Å². The first-order chi connectivity index (χ1) is 9.10. The zero-order chi connectivity index (χ0) is 14.3. The van der Waals surface area contributed by atoms with E-state index in [0.717, 1.165) is 24.2 Å². The zero-order valence-corrected chi connectivity index (χ0v) is 12.6. The topological polar surface area (TPSA) is 39.2 Å². The molecule has 0 unspecified atom stereocenters. The van der Waals surface area contributed by atoms with Crippen molar-refractivity contribution in [1.82, 2.24) is 4.98 Å². The van der Waals surface area contributed by atoms with Crippen molar-refractivity contribution < 1.29 is 9.53 Å². The van der Waals surface area contributed by atoms with Crippen LogP contribution >= 0.6 is 0 Å². The van der Waals surface area contributed by atoms with Crippen LogP contribution in [0.3, 0.4) is 0 Å². The predicted octanol–water partition coefficient (Wildman–Crippen LogP) is 4.00. The van der Waals surface area contributed by atoms with Crippen LogP contribution in [0.15, 0.2) is 6.07 Å². The van der Waals surface area contributed by atoms with E-state index >= 15 is 0 Å². The molecule has 0 aliphatic carbocycles. The number of nitrogens with zero attached hydrogens (tertiary/aromatic N) is 1. The van der Waals surface area contributed by atoms with Crippen LogP contribution in [0.5, 0.6) is 0 Å². The van der Waals surface area contributed by atoms with Crippen LogP contribution in [0, 0.1) is 13.8 Å². The monoisotopic (exact) mass is 263 g/mol. The van der Waals surface area contributed by atoms with Crippen molar-refractivity contribution in [3.05, 3.63) is 28.6 Å². The third-order valence-electron chi connectivity index (χ3n) is 3.30. The van der Waals surface area contributed by atoms with E-state index < -0.39 is 0 Å². The second kappa shape index (κ2) is 7.93. The quantitative estimate of drug-likeness (QED) is 0.551. The van der Waals surface area contributed by atoms with Gasteiger partial charge in [0.1, 0.15) is 0 Å². The van der Waals surface area contributed by atoms with Gasteiger partial charge in [0.05, 0.1) is 17.9 Å². The van der Waals surface area contributed by atoms with Gasteiger partial charge in [0.2, 0.25) is 0 Å². The van der Waals surface area contributed by atoms with Gasteiger partial charge in [-0.2, -0.15) is 0 Å². The van der Waals surface area contributed by atoms with Gasteiger partial charge in [0.15, 0.2) is 0 Å². The maximum Gasteiger partial charge on any atom is 0.339 e. The normalized spacial score (nSPS) is 10.5. The molecule has 0 fully saturated rings. The molecule has 1 rings (SSSR count). The van der Waals surface area contributed by atoms with E-state index in [0.29, 0.717) is 12.2 Å². The lowest BCUT2D eigenvalue weighted by Gasteiger charge is -2.10. The van der Waals surface area contributed by atoms with Gasteiger partial charge in [-0.05, 0) is 45.2 Å². The summed E-state index contributed by atoms with van der Waals surface area (Å²) >= 11 is 0. The fourth-order valence-corrected chi connectivity index (χ4v) is 2.18. The first-order valence-electron chi connectivity index (χ1n) is 7.24. The van der Waals surface area contributed by atoms with Crippen LogP contribution in [-0.2, 0) is 11.2 Å². The van der Waals surface area contributed by atoms with E-state index in [1.54, 1.807) is 0 Å². The minimum Gasteiger partial charge on any atom is -0.462 e. The molecule has 0 bridgehead atoms. The van der Waals surface area contributed by atoms with Crippen molar-refractivity contribution in [2.75, 3.05) is 6.61 Å². The average molecular weight is 263 g/mol. The molecule has 3 heteroatoms. The third kappa shape index (κ3) is 4.66. The maximum absolute atomic E-state index is 11.8. The lowest BCUT2D eigenvalue weighted by molar-refractivity contribution is 0.0525. The molecule has 0 aliphatic rings. The second-order valence-corrected chi connectivity index (χ2v) is 4.90. The summed E-state index contributed by atoms with van der Waals surface area (Å²) in [7, 11) is 0. The molecule has 1 aromatic rings. The fourth-order valence-electron chi connectivity index (χ4n) is 2.18. The first-order valence-corrected chi connectivity index (χ1v) is 7.24. The highest BCUT2D eigenvalue weighted by Crippen LogP contribution is 2.16. The van der Waals surface area contributed by atoms with Crippen LogP contribution in [0.1, 0.15) is 66.8 Å². The van der Waals surface area contributed by atoms with E-state index in [-0.39, 0.29) is 5.97 Å². The molecule has 0 spiro atoms. The zero-order valence-electron chi connectivity index (χ0n) is 12.6. The van der Waals surface area contributed by atoms with E-state index in [2.05, 4.69) is 11.9 Å². The highest BCUT2D eigenvalue weighted by molar-refractivity contribution is 5.90. The SMILES string of the molecule is CCCCCCc1cc(C(=O)OCC)c(C)nc1C. The predicted molar refractivity (Wildman–Crippen MR) is 77.5 cm³/mol. The number of unbranched alkanes of at least 4 members (excludes halogenated alkanes) is 3. The lowest BCUT2D eigenvalue weighted by Crippen LogP contribution is -2.10. The van der Waals surface area contributed by atoms with Crippen LogP contribution in [-0.4, -0.2) is 17.6 Å². The molecule has 1 aromatic heterocycles. The number of ether oxygens (including phenoxy) is 1. The Morgan fingerprint density at radius 1 is 1.16 bits per heavy atom. The first kappa shape index (κ1) is 15.7. The molecular weight excluding hydrogens is 238 g/mol. The highest BCUT2D eigenvalue weighted by atomic mass is 16.5. The molecule has 0 aromatic carbocycles. The molecule has 0 atom stereocenters. The Bertz CT molecular complexity index is 427. The molecule has 0 N–H and O–H groups in total. The Labute approximate surface area is 116 Å². The van der Waals surface area contributed by atoms with E-state index in [4.69, 9.17) is 4.74 Å². The Morgan fingerprint density at radius 3 is 2.53 bits per heavy atom. The van der Waals surface area contributed by atoms with Gasteiger partial charge < -0.3 is 4.74 Å². The Hall–Kier alpha value is -1.38. The fraction of sp³-hybridized carbons (Fsp3) is 0.625. The minimum absolute atomic E-state index is 0.262. The molecule has 1 heterocycles. The van der Waals surface area contributed by atoms with Crippen LogP contribution in [0.4, 0.5) is 0 Å². The summed E-state index contributed by atoms with van der Waals surface area (Å²) in [6.07, 6.45) is 5.88. The van der Waals surface area contributed by atoms with E-state index in [1.165, 1.54) is 24.8 Å². The summed E-state index contributed by atoms with van der Waals surface area (Å²) in [6.45, 7) is 8.30. The van der Waals surface area contributed by atoms with Gasteiger partial charge in [-0.3, -0.25) is 4.98 Å². The summed E-state index contributed by atoms with van der Waals surface area (Å²) in [4.78, 5) is 16.3. The van der Waals surface area contributed by atoms with Crippen molar-refractivity contribution >= 4 is 5.97 Å². The van der Waals surface area contributed by atoms with Gasteiger partial charge in [-0.15, -0.1) is 0 Å². The summed E-state index contributed by atoms with van der Waals surface area (Å²) in [5, 5.41) is 0. The van der Waals surface area contributed by atoms with Crippen molar-refractivity contribution in [1.29, 1.82) is 0 Å². The third-order valence-corrected chi connectivity index (χ3v) is 3.30. The molecule has 3 nitrogen and oxygen atoms in total. The largest absolute Gasteiger partial charge is 0.462 e. The molecular formula is C16H25NO2. The molecule has 0 radical (unpaired) electrons. The van der Waals surface area contributed by atoms with Crippen LogP contribution < -0.4 is 0 Å². The highest BCUT2D eigenvalue weighted by Gasteiger charge is 2.13. The van der Waals surface area contributed by atoms with Crippen molar-refractivity contribution in [3.63, 3.8) is 0 Å². The minimum atomic E-state index is -0.262. The Kier molecular flexibility index (Phi) is 6.54. The number of carbonyl (C=O) groups is 1. The molecule has 106 valence electrons. The van der Waals surface area contributed by atoms with Gasteiger partial charge in [-0.25, -0.2) is 4.79 Å². The molecule has 0 amide bonds. The van der Waals surface area contributed by atoms with Crippen molar-refractivity contribution in [3.8, 4) is 0 Å². The number of carbonyl (C=O) groups excluding carboxylic acids is 1. The summed E-state index contributed by atoms with van der Waals surface area (Å²) in [5.41, 5.74) is 3.57. The second-order valence-electron chi connectivity index (χ2n) is 4.90. The average Bonchev–Trinajstić information content (AvgIpc) is 2.37. The van der Waals surface area contributed by atoms with Crippen molar-refractivity contribution in [2.45, 2.75) is 59.8 Å². The Morgan fingerprint density at radius 2 is 1.89 bits per heavy atom. The molecule has 19 heavy (non-hydrogen) atoms. The number of pyridine rings is 1. The summed E-state index contributed by atoms with van der Waals surface area (Å²) in [5.74, 6) is -0.262. The van der Waals surface area contributed by atoms with Gasteiger partial charge in [-0.1, -0.05) is 26.2 Å². The lowest BCUT2D eigenvalue weighted by atomic mass is 10.0.